The molecule has 102 valence electrons. The smallest absolute Gasteiger partial charge is 0.338 e. The van der Waals surface area contributed by atoms with Crippen molar-refractivity contribution in [1.29, 1.82) is 0 Å². The lowest BCUT2D eigenvalue weighted by atomic mass is 9.81. The first-order chi connectivity index (χ1) is 9.16. The first kappa shape index (κ1) is 13.8. The molecule has 0 N–H and O–H groups in total. The number of Topliss-reactive ketones (excluding diaryl/α,β-unsaturated/α-hetero) is 1. The predicted octanol–water partition coefficient (Wildman–Crippen LogP) is 3.24. The molecule has 0 atom stereocenters. The first-order valence-corrected chi connectivity index (χ1v) is 6.89. The predicted molar refractivity (Wildman–Crippen MR) is 72.9 cm³/mol. The van der Waals surface area contributed by atoms with E-state index >= 15 is 0 Å². The van der Waals surface area contributed by atoms with Gasteiger partial charge in [0.05, 0.1) is 12.2 Å². The van der Waals surface area contributed by atoms with Crippen LogP contribution in [-0.4, -0.2) is 18.4 Å². The van der Waals surface area contributed by atoms with Gasteiger partial charge in [-0.3, -0.25) is 4.79 Å². The van der Waals surface area contributed by atoms with Crippen molar-refractivity contribution in [1.82, 2.24) is 0 Å². The van der Waals surface area contributed by atoms with Crippen LogP contribution in [0.1, 0.15) is 43.0 Å². The van der Waals surface area contributed by atoms with Crippen molar-refractivity contribution in [2.45, 2.75) is 32.6 Å². The van der Waals surface area contributed by atoms with Gasteiger partial charge in [0, 0.05) is 5.92 Å². The van der Waals surface area contributed by atoms with Gasteiger partial charge < -0.3 is 4.74 Å². The molecule has 0 unspecified atom stereocenters. The van der Waals surface area contributed by atoms with Crippen molar-refractivity contribution in [3.05, 3.63) is 35.9 Å². The van der Waals surface area contributed by atoms with Crippen LogP contribution in [0, 0.1) is 11.8 Å². The van der Waals surface area contributed by atoms with E-state index in [1.165, 1.54) is 0 Å². The Morgan fingerprint density at radius 1 is 1.11 bits per heavy atom. The maximum Gasteiger partial charge on any atom is 0.338 e. The average Bonchev–Trinajstić information content (AvgIpc) is 2.46. The summed E-state index contributed by atoms with van der Waals surface area (Å²) in [4.78, 5) is 23.1. The summed E-state index contributed by atoms with van der Waals surface area (Å²) in [7, 11) is 0. The second-order valence-corrected chi connectivity index (χ2v) is 5.29. The Labute approximate surface area is 114 Å². The highest BCUT2D eigenvalue weighted by molar-refractivity contribution is 5.89. The molecule has 0 heterocycles. The SMILES string of the molecule is CC(=O)C1CCC(COC(=O)c2ccccc2)CC1. The van der Waals surface area contributed by atoms with Crippen LogP contribution in [0.25, 0.3) is 0 Å². The number of hydrogen-bond donors (Lipinski definition) is 0. The van der Waals surface area contributed by atoms with E-state index in [4.69, 9.17) is 4.74 Å². The van der Waals surface area contributed by atoms with E-state index in [-0.39, 0.29) is 11.9 Å². The minimum absolute atomic E-state index is 0.223. The Morgan fingerprint density at radius 3 is 2.32 bits per heavy atom. The maximum absolute atomic E-state index is 11.8. The Balaban J connectivity index is 1.75. The largest absolute Gasteiger partial charge is 0.462 e. The molecule has 0 amide bonds. The van der Waals surface area contributed by atoms with Crippen molar-refractivity contribution in [3.63, 3.8) is 0 Å². The van der Waals surface area contributed by atoms with Crippen molar-refractivity contribution in [3.8, 4) is 0 Å². The van der Waals surface area contributed by atoms with Crippen LogP contribution in [0.4, 0.5) is 0 Å². The molecular weight excluding hydrogens is 240 g/mol. The van der Waals surface area contributed by atoms with Gasteiger partial charge in [-0.2, -0.15) is 0 Å². The summed E-state index contributed by atoms with van der Waals surface area (Å²) in [6, 6.07) is 9.05. The number of rotatable bonds is 4. The van der Waals surface area contributed by atoms with Crippen molar-refractivity contribution < 1.29 is 14.3 Å². The molecule has 1 aromatic carbocycles. The van der Waals surface area contributed by atoms with Gasteiger partial charge in [-0.1, -0.05) is 18.2 Å². The van der Waals surface area contributed by atoms with Crippen molar-refractivity contribution >= 4 is 11.8 Å². The zero-order valence-electron chi connectivity index (χ0n) is 11.3. The Bertz CT molecular complexity index is 431. The van der Waals surface area contributed by atoms with Gasteiger partial charge in [0.25, 0.3) is 0 Å². The lowest BCUT2D eigenvalue weighted by Gasteiger charge is -2.26. The van der Waals surface area contributed by atoms with E-state index in [0.717, 1.165) is 25.7 Å². The molecule has 1 aliphatic carbocycles. The van der Waals surface area contributed by atoms with E-state index in [2.05, 4.69) is 0 Å². The van der Waals surface area contributed by atoms with Crippen molar-refractivity contribution in [2.75, 3.05) is 6.61 Å². The second-order valence-electron chi connectivity index (χ2n) is 5.29. The topological polar surface area (TPSA) is 43.4 Å². The molecule has 3 heteroatoms. The Hall–Kier alpha value is -1.64. The number of ketones is 1. The van der Waals surface area contributed by atoms with Crippen LogP contribution in [0.3, 0.4) is 0 Å². The monoisotopic (exact) mass is 260 g/mol. The fourth-order valence-corrected chi connectivity index (χ4v) is 2.59. The van der Waals surface area contributed by atoms with Gasteiger partial charge in [-0.25, -0.2) is 4.79 Å². The van der Waals surface area contributed by atoms with Crippen LogP contribution in [-0.2, 0) is 9.53 Å². The molecule has 1 saturated carbocycles. The van der Waals surface area contributed by atoms with Crippen LogP contribution in [0.2, 0.25) is 0 Å². The zero-order chi connectivity index (χ0) is 13.7. The average molecular weight is 260 g/mol. The van der Waals surface area contributed by atoms with Crippen LogP contribution >= 0.6 is 0 Å². The fourth-order valence-electron chi connectivity index (χ4n) is 2.59. The van der Waals surface area contributed by atoms with Gasteiger partial charge >= 0.3 is 5.97 Å². The molecule has 0 bridgehead atoms. The number of hydrogen-bond acceptors (Lipinski definition) is 3. The second kappa shape index (κ2) is 6.50. The quantitative estimate of drug-likeness (QED) is 0.780. The minimum Gasteiger partial charge on any atom is -0.462 e. The summed E-state index contributed by atoms with van der Waals surface area (Å²) in [5.74, 6) is 0.665. The first-order valence-electron chi connectivity index (χ1n) is 6.89. The van der Waals surface area contributed by atoms with E-state index in [1.54, 1.807) is 19.1 Å². The molecular formula is C16H20O3. The minimum atomic E-state index is -0.255. The van der Waals surface area contributed by atoms with Gasteiger partial charge in [-0.15, -0.1) is 0 Å². The molecule has 0 aromatic heterocycles. The lowest BCUT2D eigenvalue weighted by molar-refractivity contribution is -0.122. The third-order valence-electron chi connectivity index (χ3n) is 3.88. The molecule has 1 aliphatic rings. The van der Waals surface area contributed by atoms with E-state index in [9.17, 15) is 9.59 Å². The molecule has 19 heavy (non-hydrogen) atoms. The van der Waals surface area contributed by atoms with Crippen LogP contribution in [0.5, 0.6) is 0 Å². The maximum atomic E-state index is 11.8. The van der Waals surface area contributed by atoms with Gasteiger partial charge in [0.2, 0.25) is 0 Å². The van der Waals surface area contributed by atoms with Crippen LogP contribution < -0.4 is 0 Å². The summed E-state index contributed by atoms with van der Waals surface area (Å²) in [5.41, 5.74) is 0.597. The number of esters is 1. The molecule has 0 spiro atoms. The Morgan fingerprint density at radius 2 is 1.74 bits per heavy atom. The number of carbonyl (C=O) groups excluding carboxylic acids is 2. The summed E-state index contributed by atoms with van der Waals surface area (Å²) in [5, 5.41) is 0. The van der Waals surface area contributed by atoms with Crippen LogP contribution in [0.15, 0.2) is 30.3 Å². The van der Waals surface area contributed by atoms with E-state index in [1.807, 2.05) is 18.2 Å². The number of benzene rings is 1. The standard InChI is InChI=1S/C16H20O3/c1-12(17)14-9-7-13(8-10-14)11-19-16(18)15-5-3-2-4-6-15/h2-6,13-14H,7-11H2,1H3. The normalized spacial score (nSPS) is 22.8. The van der Waals surface area contributed by atoms with E-state index < -0.39 is 0 Å². The molecule has 1 aromatic rings. The van der Waals surface area contributed by atoms with Gasteiger partial charge in [0.1, 0.15) is 5.78 Å². The third kappa shape index (κ3) is 3.91. The van der Waals surface area contributed by atoms with Gasteiger partial charge in [0.15, 0.2) is 0 Å². The summed E-state index contributed by atoms with van der Waals surface area (Å²) in [6.45, 7) is 2.14. The Kier molecular flexibility index (Phi) is 4.72. The number of ether oxygens (including phenoxy) is 1. The summed E-state index contributed by atoms with van der Waals surface area (Å²) in [6.07, 6.45) is 3.82. The number of carbonyl (C=O) groups is 2. The highest BCUT2D eigenvalue weighted by Gasteiger charge is 2.24. The molecule has 0 radical (unpaired) electrons. The molecule has 0 saturated heterocycles. The highest BCUT2D eigenvalue weighted by atomic mass is 16.5. The molecule has 1 fully saturated rings. The molecule has 3 nitrogen and oxygen atoms in total. The third-order valence-corrected chi connectivity index (χ3v) is 3.88. The van der Waals surface area contributed by atoms with Crippen molar-refractivity contribution in [2.24, 2.45) is 11.8 Å². The fraction of sp³-hybridized carbons (Fsp3) is 0.500. The summed E-state index contributed by atoms with van der Waals surface area (Å²) >= 11 is 0. The summed E-state index contributed by atoms with van der Waals surface area (Å²) < 4.78 is 5.34. The zero-order valence-corrected chi connectivity index (χ0v) is 11.3. The molecule has 2 rings (SSSR count). The van der Waals surface area contributed by atoms with Gasteiger partial charge in [-0.05, 0) is 50.7 Å². The lowest BCUT2D eigenvalue weighted by Crippen LogP contribution is -2.23. The van der Waals surface area contributed by atoms with E-state index in [0.29, 0.717) is 23.9 Å². The highest BCUT2D eigenvalue weighted by Crippen LogP contribution is 2.29. The molecule has 0 aliphatic heterocycles.